The molecular formula is C27H25N3O5S2. The molecule has 1 atom stereocenters. The number of hydrogen-bond donors (Lipinski definition) is 1. The highest BCUT2D eigenvalue weighted by Gasteiger charge is 2.31. The minimum Gasteiger partial charge on any atom is -0.538 e. The number of thiophene rings is 1. The summed E-state index contributed by atoms with van der Waals surface area (Å²) in [7, 11) is 0. The molecule has 0 fully saturated rings. The van der Waals surface area contributed by atoms with E-state index in [-0.39, 0.29) is 23.3 Å². The number of ether oxygens (including phenoxy) is 1. The van der Waals surface area contributed by atoms with E-state index in [9.17, 15) is 14.7 Å². The van der Waals surface area contributed by atoms with Crippen molar-refractivity contribution in [3.63, 3.8) is 0 Å². The Balaban J connectivity index is 1.34. The van der Waals surface area contributed by atoms with Gasteiger partial charge in [0.15, 0.2) is 5.95 Å². The quantitative estimate of drug-likeness (QED) is 0.204. The summed E-state index contributed by atoms with van der Waals surface area (Å²) in [4.78, 5) is 26.9. The molecular weight excluding hydrogens is 510 g/mol. The van der Waals surface area contributed by atoms with Crippen LogP contribution in [0.3, 0.4) is 0 Å². The largest absolute Gasteiger partial charge is 0.538 e. The van der Waals surface area contributed by atoms with E-state index in [1.807, 2.05) is 36.4 Å². The van der Waals surface area contributed by atoms with Crippen LogP contribution >= 0.6 is 23.1 Å². The molecule has 0 spiro atoms. The molecule has 10 heteroatoms. The molecule has 2 aromatic carbocycles. The lowest BCUT2D eigenvalue weighted by Gasteiger charge is -2.23. The second-order valence-corrected chi connectivity index (χ2v) is 10.6. The van der Waals surface area contributed by atoms with Gasteiger partial charge in [-0.1, -0.05) is 48.5 Å². The van der Waals surface area contributed by atoms with E-state index in [0.717, 1.165) is 41.5 Å². The zero-order valence-electron chi connectivity index (χ0n) is 20.1. The number of carbonyl (C=O) groups excluding carboxylic acids is 2. The number of carbonyl (C=O) groups is 2. The molecule has 0 radical (unpaired) electrons. The number of nitrogens with zero attached hydrogens (tertiary/aromatic N) is 2. The second kappa shape index (κ2) is 11.2. The van der Waals surface area contributed by atoms with E-state index in [2.05, 4.69) is 22.7 Å². The van der Waals surface area contributed by atoms with Crippen LogP contribution in [0.4, 0.5) is 5.00 Å². The predicted octanol–water partition coefficient (Wildman–Crippen LogP) is 4.27. The summed E-state index contributed by atoms with van der Waals surface area (Å²) in [6.45, 7) is 2.01. The van der Waals surface area contributed by atoms with Crippen molar-refractivity contribution in [2.75, 3.05) is 17.7 Å². The molecule has 1 amide bonds. The minimum atomic E-state index is -0.618. The van der Waals surface area contributed by atoms with Crippen LogP contribution in [0.25, 0.3) is 5.69 Å². The van der Waals surface area contributed by atoms with Gasteiger partial charge < -0.3 is 19.7 Å². The molecule has 0 aliphatic heterocycles. The van der Waals surface area contributed by atoms with Crippen LogP contribution in [-0.4, -0.2) is 29.5 Å². The molecule has 2 aromatic heterocycles. The van der Waals surface area contributed by atoms with Gasteiger partial charge >= 0.3 is 5.97 Å². The van der Waals surface area contributed by atoms with Gasteiger partial charge in [-0.15, -0.1) is 11.3 Å². The fourth-order valence-corrected chi connectivity index (χ4v) is 6.58. The highest BCUT2D eigenvalue weighted by Crippen LogP contribution is 2.43. The number of hydrogen-bond acceptors (Lipinski definition) is 8. The zero-order chi connectivity index (χ0) is 25.8. The molecule has 4 aromatic rings. The minimum absolute atomic E-state index is 0.0548. The predicted molar refractivity (Wildman–Crippen MR) is 138 cm³/mol. The smallest absolute Gasteiger partial charge is 0.341 e. The van der Waals surface area contributed by atoms with Crippen molar-refractivity contribution in [2.24, 2.45) is 0 Å². The molecule has 0 bridgehead atoms. The summed E-state index contributed by atoms with van der Waals surface area (Å²) in [6, 6.07) is 19.4. The van der Waals surface area contributed by atoms with Crippen LogP contribution in [0.5, 0.6) is 5.95 Å². The summed E-state index contributed by atoms with van der Waals surface area (Å²) >= 11 is 2.46. The molecule has 8 nitrogen and oxygen atoms in total. The van der Waals surface area contributed by atoms with Gasteiger partial charge in [0.05, 0.1) is 23.2 Å². The number of para-hydroxylation sites is 1. The first-order valence-corrected chi connectivity index (χ1v) is 13.8. The van der Waals surface area contributed by atoms with Gasteiger partial charge in [-0.2, -0.15) is 0 Å². The molecule has 1 aliphatic rings. The number of amides is 1. The summed E-state index contributed by atoms with van der Waals surface area (Å²) < 4.78 is 11.5. The van der Waals surface area contributed by atoms with Crippen molar-refractivity contribution in [1.29, 1.82) is 0 Å². The van der Waals surface area contributed by atoms with Crippen molar-refractivity contribution in [3.8, 4) is 11.6 Å². The molecule has 1 aliphatic carbocycles. The third-order valence-electron chi connectivity index (χ3n) is 6.18. The van der Waals surface area contributed by atoms with Gasteiger partial charge in [0.2, 0.25) is 11.6 Å². The zero-order valence-corrected chi connectivity index (χ0v) is 21.8. The molecule has 0 saturated heterocycles. The number of rotatable bonds is 8. The van der Waals surface area contributed by atoms with Gasteiger partial charge in [0, 0.05) is 17.0 Å². The second-order valence-electron chi connectivity index (χ2n) is 8.53. The summed E-state index contributed by atoms with van der Waals surface area (Å²) in [5.74, 6) is -1.08. The van der Waals surface area contributed by atoms with Crippen molar-refractivity contribution >= 4 is 40.0 Å². The lowest BCUT2D eigenvalue weighted by Crippen LogP contribution is -2.35. The van der Waals surface area contributed by atoms with E-state index in [1.165, 1.54) is 21.6 Å². The molecule has 1 N–H and O–H groups in total. The standard InChI is InChI=1S/C27H25N3O5S2/c1-2-34-26(32)23-20-14-13-18(17-9-5-3-6-10-17)15-21(20)37-24(23)28-22(31)16-36-25-27(33)35-29-30(25)19-11-7-4-8-12-19/h3-12,18H,2,13-16H2,1H3,(H-,28,29,31,32,33). The monoisotopic (exact) mass is 535 g/mol. The number of aromatic nitrogens is 2. The fraction of sp³-hybridized carbons (Fsp3) is 0.259. The van der Waals surface area contributed by atoms with Crippen LogP contribution in [0, 0.1) is 0 Å². The Bertz CT molecular complexity index is 1400. The highest BCUT2D eigenvalue weighted by molar-refractivity contribution is 7.99. The van der Waals surface area contributed by atoms with Crippen molar-refractivity contribution in [2.45, 2.75) is 37.1 Å². The normalized spacial score (nSPS) is 14.7. The number of anilines is 1. The maximum atomic E-state index is 13.0. The van der Waals surface area contributed by atoms with E-state index < -0.39 is 11.9 Å². The SMILES string of the molecule is CCOC(=O)c1c(NC(=O)CSc2c([O-])on[n+]2-c2ccccc2)sc2c1CCC(c1ccccc1)C2. The van der Waals surface area contributed by atoms with Gasteiger partial charge in [-0.05, 0) is 59.7 Å². The lowest BCUT2D eigenvalue weighted by molar-refractivity contribution is -0.705. The molecule has 37 heavy (non-hydrogen) atoms. The maximum absolute atomic E-state index is 13.0. The number of benzene rings is 2. The first-order chi connectivity index (χ1) is 18.0. The van der Waals surface area contributed by atoms with Crippen LogP contribution in [0.1, 0.15) is 45.6 Å². The Labute approximate surface area is 222 Å². The van der Waals surface area contributed by atoms with E-state index in [1.54, 1.807) is 19.1 Å². The van der Waals surface area contributed by atoms with Crippen molar-refractivity contribution < 1.29 is 28.6 Å². The lowest BCUT2D eigenvalue weighted by atomic mass is 9.83. The van der Waals surface area contributed by atoms with Gasteiger partial charge in [0.1, 0.15) is 5.00 Å². The topological polar surface area (TPSA) is 108 Å². The average Bonchev–Trinajstić information content (AvgIpc) is 3.47. The first-order valence-electron chi connectivity index (χ1n) is 12.0. The third-order valence-corrected chi connectivity index (χ3v) is 8.37. The van der Waals surface area contributed by atoms with E-state index in [0.29, 0.717) is 22.2 Å². The Morgan fingerprint density at radius 3 is 2.65 bits per heavy atom. The van der Waals surface area contributed by atoms with Crippen molar-refractivity contribution in [1.82, 2.24) is 5.27 Å². The number of fused-ring (bicyclic) bond motifs is 1. The summed E-state index contributed by atoms with van der Waals surface area (Å²) in [5.41, 5.74) is 3.33. The first kappa shape index (κ1) is 25.0. The molecule has 2 heterocycles. The summed E-state index contributed by atoms with van der Waals surface area (Å²) in [5, 5.41) is 19.6. The average molecular weight is 536 g/mol. The van der Waals surface area contributed by atoms with E-state index in [4.69, 9.17) is 9.26 Å². The van der Waals surface area contributed by atoms with Gasteiger partial charge in [0.25, 0.3) is 5.03 Å². The Hall–Kier alpha value is -3.63. The third kappa shape index (κ3) is 5.40. The number of thioether (sulfide) groups is 1. The van der Waals surface area contributed by atoms with Crippen LogP contribution in [0.15, 0.2) is 70.2 Å². The van der Waals surface area contributed by atoms with Crippen LogP contribution < -0.4 is 15.1 Å². The summed E-state index contributed by atoms with van der Waals surface area (Å²) in [6.07, 6.45) is 2.46. The number of nitrogens with one attached hydrogen (secondary N) is 1. The molecule has 190 valence electrons. The Morgan fingerprint density at radius 2 is 1.92 bits per heavy atom. The van der Waals surface area contributed by atoms with Gasteiger partial charge in [-0.3, -0.25) is 4.79 Å². The van der Waals surface area contributed by atoms with Gasteiger partial charge in [-0.25, -0.2) is 4.79 Å². The molecule has 5 rings (SSSR count). The molecule has 1 unspecified atom stereocenters. The Morgan fingerprint density at radius 1 is 1.19 bits per heavy atom. The Kier molecular flexibility index (Phi) is 7.57. The van der Waals surface area contributed by atoms with Crippen LogP contribution in [-0.2, 0) is 22.4 Å². The highest BCUT2D eigenvalue weighted by atomic mass is 32.2. The van der Waals surface area contributed by atoms with Crippen LogP contribution in [0.2, 0.25) is 0 Å². The molecule has 0 saturated carbocycles. The fourth-order valence-electron chi connectivity index (χ4n) is 4.49. The van der Waals surface area contributed by atoms with Crippen molar-refractivity contribution in [3.05, 3.63) is 82.2 Å². The number of esters is 1. The van der Waals surface area contributed by atoms with E-state index >= 15 is 0 Å². The maximum Gasteiger partial charge on any atom is 0.341 e.